The van der Waals surface area contributed by atoms with Crippen LogP contribution in [0.4, 0.5) is 10.5 Å². The molecule has 0 heterocycles. The Morgan fingerprint density at radius 3 is 1.98 bits per heavy atom. The van der Waals surface area contributed by atoms with Crippen LogP contribution in [0.2, 0.25) is 0 Å². The molecular formula is C33H52N2O9. The number of carbonyl (C=O) groups excluding carboxylic acids is 5. The predicted molar refractivity (Wildman–Crippen MR) is 167 cm³/mol. The zero-order valence-electron chi connectivity index (χ0n) is 27.8. The van der Waals surface area contributed by atoms with Crippen LogP contribution in [-0.4, -0.2) is 73.8 Å². The first-order valence-corrected chi connectivity index (χ1v) is 15.5. The first-order valence-electron chi connectivity index (χ1n) is 15.5. The fourth-order valence-corrected chi connectivity index (χ4v) is 4.50. The number of ether oxygens (including phenoxy) is 4. The van der Waals surface area contributed by atoms with Gasteiger partial charge in [-0.15, -0.1) is 0 Å². The molecule has 0 unspecified atom stereocenters. The maximum absolute atomic E-state index is 14.0. The third kappa shape index (κ3) is 13.3. The third-order valence-corrected chi connectivity index (χ3v) is 7.07. The van der Waals surface area contributed by atoms with Crippen LogP contribution < -0.4 is 5.32 Å². The highest BCUT2D eigenvalue weighted by Crippen LogP contribution is 2.22. The van der Waals surface area contributed by atoms with Gasteiger partial charge in [0.25, 0.3) is 5.91 Å². The minimum Gasteiger partial charge on any atom is -0.463 e. The molecule has 1 aromatic rings. The van der Waals surface area contributed by atoms with E-state index < -0.39 is 54.1 Å². The van der Waals surface area contributed by atoms with Crippen LogP contribution in [-0.2, 0) is 44.5 Å². The lowest BCUT2D eigenvalue weighted by atomic mass is 9.95. The number of hydrogen-bond donors (Lipinski definition) is 1. The molecule has 2 amide bonds. The monoisotopic (exact) mass is 620 g/mol. The summed E-state index contributed by atoms with van der Waals surface area (Å²) in [5, 5.41) is 2.56. The Hall–Kier alpha value is -3.63. The number of hydrogen-bond acceptors (Lipinski definition) is 9. The van der Waals surface area contributed by atoms with Crippen molar-refractivity contribution in [2.24, 2.45) is 17.8 Å². The van der Waals surface area contributed by atoms with E-state index >= 15 is 0 Å². The molecular weight excluding hydrogens is 568 g/mol. The highest BCUT2D eigenvalue weighted by molar-refractivity contribution is 5.90. The summed E-state index contributed by atoms with van der Waals surface area (Å²) < 4.78 is 21.1. The highest BCUT2D eigenvalue weighted by Gasteiger charge is 2.37. The molecule has 0 aliphatic rings. The molecule has 0 bridgehead atoms. The Morgan fingerprint density at radius 1 is 0.841 bits per heavy atom. The lowest BCUT2D eigenvalue weighted by Gasteiger charge is -2.32. The van der Waals surface area contributed by atoms with Gasteiger partial charge in [0.05, 0.1) is 19.6 Å². The van der Waals surface area contributed by atoms with Crippen LogP contribution in [0.1, 0.15) is 86.1 Å². The zero-order chi connectivity index (χ0) is 33.4. The normalized spacial score (nSPS) is 13.8. The van der Waals surface area contributed by atoms with E-state index in [-0.39, 0.29) is 31.3 Å². The van der Waals surface area contributed by atoms with Gasteiger partial charge >= 0.3 is 24.0 Å². The van der Waals surface area contributed by atoms with Crippen molar-refractivity contribution in [3.05, 3.63) is 29.8 Å². The number of rotatable bonds is 18. The van der Waals surface area contributed by atoms with Crippen molar-refractivity contribution in [3.63, 3.8) is 0 Å². The summed E-state index contributed by atoms with van der Waals surface area (Å²) in [5.41, 5.74) is 1.16. The molecule has 248 valence electrons. The second-order valence-corrected chi connectivity index (χ2v) is 11.9. The molecule has 11 nitrogen and oxygen atoms in total. The molecule has 0 saturated heterocycles. The SMILES string of the molecule is CCCCOC(=O)[C@@H](C)OC(=O)[C@H](CC(C)C)N(C)C(=O)[C@@H](Cc1ccc(NC(=O)OC)cc1)OC(=O)[C@@H](CC)CC(C)C. The number of methoxy groups -OCH3 is 1. The smallest absolute Gasteiger partial charge is 0.411 e. The molecule has 1 N–H and O–H groups in total. The van der Waals surface area contributed by atoms with Gasteiger partial charge in [-0.2, -0.15) is 0 Å². The number of carbonyl (C=O) groups is 5. The standard InChI is InChI=1S/C33H52N2O9/c1-10-12-17-42-30(37)23(7)43-32(39)27(19-22(5)6)35(8)29(36)28(44-31(38)25(11-2)18-21(3)4)20-24-13-15-26(16-14-24)34-33(40)41-9/h13-16,21-23,25,27-28H,10-12,17-20H2,1-9H3,(H,34,40)/t23-,25+,27+,28-/m1/s1. The van der Waals surface area contributed by atoms with Crippen molar-refractivity contribution in [3.8, 4) is 0 Å². The molecule has 11 heteroatoms. The van der Waals surface area contributed by atoms with Crippen LogP contribution in [0.3, 0.4) is 0 Å². The van der Waals surface area contributed by atoms with E-state index in [0.29, 0.717) is 30.5 Å². The number of amides is 2. The number of nitrogens with zero attached hydrogens (tertiary/aromatic N) is 1. The molecule has 44 heavy (non-hydrogen) atoms. The summed E-state index contributed by atoms with van der Waals surface area (Å²) in [7, 11) is 2.73. The average molecular weight is 621 g/mol. The van der Waals surface area contributed by atoms with Gasteiger partial charge in [0, 0.05) is 19.2 Å². The Bertz CT molecular complexity index is 1070. The van der Waals surface area contributed by atoms with Crippen molar-refractivity contribution < 1.29 is 42.9 Å². The van der Waals surface area contributed by atoms with E-state index in [1.54, 1.807) is 24.3 Å². The second kappa shape index (κ2) is 19.6. The van der Waals surface area contributed by atoms with Gasteiger partial charge in [0.2, 0.25) is 0 Å². The van der Waals surface area contributed by atoms with E-state index in [9.17, 15) is 24.0 Å². The molecule has 0 saturated carbocycles. The van der Waals surface area contributed by atoms with Gasteiger partial charge in [0.1, 0.15) is 6.04 Å². The molecule has 1 rings (SSSR count). The van der Waals surface area contributed by atoms with E-state index in [2.05, 4.69) is 10.1 Å². The maximum atomic E-state index is 14.0. The first-order chi connectivity index (χ1) is 20.7. The first kappa shape index (κ1) is 38.4. The lowest BCUT2D eigenvalue weighted by Crippen LogP contribution is -2.50. The Morgan fingerprint density at radius 2 is 1.45 bits per heavy atom. The number of nitrogens with one attached hydrogen (secondary N) is 1. The molecule has 0 aliphatic carbocycles. The summed E-state index contributed by atoms with van der Waals surface area (Å²) in [4.78, 5) is 65.7. The number of unbranched alkanes of at least 4 members (excludes halogenated alkanes) is 1. The van der Waals surface area contributed by atoms with Crippen LogP contribution in [0, 0.1) is 17.8 Å². The predicted octanol–water partition coefficient (Wildman–Crippen LogP) is 5.54. The van der Waals surface area contributed by atoms with Crippen molar-refractivity contribution in [1.82, 2.24) is 4.90 Å². The summed E-state index contributed by atoms with van der Waals surface area (Å²) >= 11 is 0. The molecule has 0 aromatic heterocycles. The van der Waals surface area contributed by atoms with Crippen molar-refractivity contribution >= 4 is 35.6 Å². The van der Waals surface area contributed by atoms with Crippen LogP contribution >= 0.6 is 0 Å². The van der Waals surface area contributed by atoms with Gasteiger partial charge in [-0.25, -0.2) is 14.4 Å². The van der Waals surface area contributed by atoms with Gasteiger partial charge in [-0.1, -0.05) is 60.1 Å². The van der Waals surface area contributed by atoms with Crippen molar-refractivity contribution in [2.75, 3.05) is 26.1 Å². The minimum absolute atomic E-state index is 0.000908. The lowest BCUT2D eigenvalue weighted by molar-refractivity contribution is -0.174. The zero-order valence-corrected chi connectivity index (χ0v) is 27.8. The summed E-state index contributed by atoms with van der Waals surface area (Å²) in [5.74, 6) is -2.60. The van der Waals surface area contributed by atoms with Gasteiger partial charge in [0.15, 0.2) is 12.2 Å². The average Bonchev–Trinajstić information content (AvgIpc) is 2.97. The van der Waals surface area contributed by atoms with Crippen molar-refractivity contribution in [2.45, 2.75) is 105 Å². The second-order valence-electron chi connectivity index (χ2n) is 11.9. The molecule has 1 aromatic carbocycles. The van der Waals surface area contributed by atoms with Gasteiger partial charge in [-0.3, -0.25) is 14.9 Å². The minimum atomic E-state index is -1.23. The van der Waals surface area contributed by atoms with E-state index in [1.807, 2.05) is 41.5 Å². The highest BCUT2D eigenvalue weighted by atomic mass is 16.6. The number of likely N-dealkylation sites (N-methyl/N-ethyl adjacent to an activating group) is 1. The summed E-state index contributed by atoms with van der Waals surface area (Å²) in [6, 6.07) is 5.67. The van der Waals surface area contributed by atoms with Crippen LogP contribution in [0.25, 0.3) is 0 Å². The number of esters is 3. The van der Waals surface area contributed by atoms with Gasteiger partial charge in [-0.05, 0) is 62.1 Å². The Labute approximate surface area is 262 Å². The van der Waals surface area contributed by atoms with E-state index in [0.717, 1.165) is 6.42 Å². The molecule has 0 radical (unpaired) electrons. The molecule has 4 atom stereocenters. The largest absolute Gasteiger partial charge is 0.463 e. The van der Waals surface area contributed by atoms with E-state index in [1.165, 1.54) is 26.0 Å². The summed E-state index contributed by atoms with van der Waals surface area (Å²) in [6.45, 7) is 13.4. The Balaban J connectivity index is 3.27. The Kier molecular flexibility index (Phi) is 17.1. The summed E-state index contributed by atoms with van der Waals surface area (Å²) in [6.07, 6.45) is 0.000231. The van der Waals surface area contributed by atoms with Crippen molar-refractivity contribution in [1.29, 1.82) is 0 Å². The quantitative estimate of drug-likeness (QED) is 0.127. The fourth-order valence-electron chi connectivity index (χ4n) is 4.50. The molecule has 0 aliphatic heterocycles. The fraction of sp³-hybridized carbons (Fsp3) is 0.667. The number of benzene rings is 1. The van der Waals surface area contributed by atoms with Crippen LogP contribution in [0.5, 0.6) is 0 Å². The van der Waals surface area contributed by atoms with Crippen LogP contribution in [0.15, 0.2) is 24.3 Å². The third-order valence-electron chi connectivity index (χ3n) is 7.07. The molecule has 0 fully saturated rings. The number of anilines is 1. The molecule has 0 spiro atoms. The topological polar surface area (TPSA) is 138 Å². The van der Waals surface area contributed by atoms with Gasteiger partial charge < -0.3 is 23.8 Å². The maximum Gasteiger partial charge on any atom is 0.411 e. The van der Waals surface area contributed by atoms with E-state index in [4.69, 9.17) is 14.2 Å².